The zero-order valence-electron chi connectivity index (χ0n) is 27.4. The highest BCUT2D eigenvalue weighted by Crippen LogP contribution is 2.28. The molecule has 2 aliphatic rings. The highest BCUT2D eigenvalue weighted by molar-refractivity contribution is 6.98. The van der Waals surface area contributed by atoms with Gasteiger partial charge in [0.25, 0.3) is 0 Å². The minimum atomic E-state index is -1.79. The van der Waals surface area contributed by atoms with Crippen LogP contribution >= 0.6 is 0 Å². The van der Waals surface area contributed by atoms with Crippen LogP contribution < -0.4 is 20.8 Å². The number of hydrogen-bond donors (Lipinski definition) is 0. The maximum Gasteiger partial charge on any atom is 0.0783 e. The topological polar surface area (TPSA) is 0 Å². The molecule has 218 valence electrons. The average molecular weight is 595 g/mol. The minimum Gasteiger partial charge on any atom is -0.0801 e. The molecule has 0 heterocycles. The van der Waals surface area contributed by atoms with Gasteiger partial charge in [-0.15, -0.1) is 0 Å². The smallest absolute Gasteiger partial charge is 0.0783 e. The molecule has 0 aliphatic heterocycles. The van der Waals surface area contributed by atoms with E-state index in [0.29, 0.717) is 0 Å². The summed E-state index contributed by atoms with van der Waals surface area (Å²) in [4.78, 5) is 0. The van der Waals surface area contributed by atoms with Crippen molar-refractivity contribution in [3.05, 3.63) is 145 Å². The molecule has 0 saturated carbocycles. The number of fused-ring (bicyclic) bond motifs is 2. The summed E-state index contributed by atoms with van der Waals surface area (Å²) >= 11 is 0. The molecule has 0 aromatic heterocycles. The first-order chi connectivity index (χ1) is 20.5. The van der Waals surface area contributed by atoms with Crippen molar-refractivity contribution in [3.8, 4) is 0 Å². The fourth-order valence-electron chi connectivity index (χ4n) is 7.52. The highest BCUT2D eigenvalue weighted by atomic mass is 28.3. The van der Waals surface area contributed by atoms with Crippen molar-refractivity contribution in [1.82, 2.24) is 0 Å². The summed E-state index contributed by atoms with van der Waals surface area (Å²) in [5, 5.41) is 9.34. The lowest BCUT2D eigenvalue weighted by molar-refractivity contribution is 1.12. The lowest BCUT2D eigenvalue weighted by atomic mass is 9.92. The molecule has 0 bridgehead atoms. The van der Waals surface area contributed by atoms with Crippen LogP contribution in [0.15, 0.2) is 91.0 Å². The Bertz CT molecular complexity index is 1960. The Kier molecular flexibility index (Phi) is 7.73. The molecule has 0 unspecified atom stereocenters. The standard InChI is InChI=1S/C41H46Si2/c1-9-28-25-32-27-35-37(31-23-17-18-24-31)33(10-2)40(42(3,4)5)41(43(6,7)8)39(35)38(32)34(26-28)36(29-19-13-11-14-20-29)30-21-15-12-16-22-30/h11-23,25-27H,9-10,24H2,1-8H3. The molecule has 0 radical (unpaired) electrons. The van der Waals surface area contributed by atoms with E-state index in [9.17, 15) is 0 Å². The Morgan fingerprint density at radius 3 is 1.79 bits per heavy atom. The number of benzene rings is 4. The van der Waals surface area contributed by atoms with E-state index in [-0.39, 0.29) is 0 Å². The van der Waals surface area contributed by atoms with Gasteiger partial charge in [0.15, 0.2) is 0 Å². The minimum absolute atomic E-state index is 1.02. The molecular weight excluding hydrogens is 549 g/mol. The Hall–Kier alpha value is -3.47. The molecule has 6 rings (SSSR count). The first-order valence-corrected chi connectivity index (χ1v) is 23.1. The van der Waals surface area contributed by atoms with Gasteiger partial charge in [0.1, 0.15) is 0 Å². The van der Waals surface area contributed by atoms with Gasteiger partial charge in [-0.05, 0) is 90.7 Å². The molecule has 0 N–H and O–H groups in total. The van der Waals surface area contributed by atoms with Crippen molar-refractivity contribution >= 4 is 43.7 Å². The van der Waals surface area contributed by atoms with Gasteiger partial charge in [0, 0.05) is 0 Å². The van der Waals surface area contributed by atoms with Crippen molar-refractivity contribution in [2.24, 2.45) is 0 Å². The molecule has 0 nitrogen and oxygen atoms in total. The monoisotopic (exact) mass is 594 g/mol. The molecule has 2 heteroatoms. The van der Waals surface area contributed by atoms with Gasteiger partial charge in [-0.3, -0.25) is 0 Å². The number of rotatable bonds is 7. The van der Waals surface area contributed by atoms with E-state index in [4.69, 9.17) is 0 Å². The van der Waals surface area contributed by atoms with Crippen molar-refractivity contribution in [1.29, 1.82) is 0 Å². The third-order valence-corrected chi connectivity index (χ3v) is 13.5. The van der Waals surface area contributed by atoms with Crippen LogP contribution in [-0.4, -0.2) is 16.1 Å². The summed E-state index contributed by atoms with van der Waals surface area (Å²) < 4.78 is 0. The van der Waals surface area contributed by atoms with E-state index in [1.165, 1.54) is 54.6 Å². The van der Waals surface area contributed by atoms with Gasteiger partial charge in [-0.1, -0.05) is 155 Å². The summed E-state index contributed by atoms with van der Waals surface area (Å²) in [6, 6.07) is 27.2. The zero-order chi connectivity index (χ0) is 30.5. The molecule has 0 fully saturated rings. The van der Waals surface area contributed by atoms with E-state index < -0.39 is 16.1 Å². The predicted molar refractivity (Wildman–Crippen MR) is 194 cm³/mol. The first-order valence-electron chi connectivity index (χ1n) is 16.1. The van der Waals surface area contributed by atoms with Gasteiger partial charge in [-0.25, -0.2) is 0 Å². The maximum absolute atomic E-state index is 2.58. The number of hydrogen-bond acceptors (Lipinski definition) is 0. The third-order valence-electron chi connectivity index (χ3n) is 9.17. The van der Waals surface area contributed by atoms with Crippen LogP contribution in [0.5, 0.6) is 0 Å². The van der Waals surface area contributed by atoms with Crippen LogP contribution in [0.25, 0.3) is 17.2 Å². The second-order valence-electron chi connectivity index (χ2n) is 14.3. The van der Waals surface area contributed by atoms with E-state index in [0.717, 1.165) is 19.3 Å². The molecule has 43 heavy (non-hydrogen) atoms. The first kappa shape index (κ1) is 29.6. The van der Waals surface area contributed by atoms with Crippen LogP contribution in [0.2, 0.25) is 39.3 Å². The van der Waals surface area contributed by atoms with Gasteiger partial charge < -0.3 is 0 Å². The van der Waals surface area contributed by atoms with Crippen molar-refractivity contribution in [3.63, 3.8) is 0 Å². The van der Waals surface area contributed by atoms with E-state index >= 15 is 0 Å². The van der Waals surface area contributed by atoms with E-state index in [1.54, 1.807) is 21.2 Å². The van der Waals surface area contributed by atoms with Crippen molar-refractivity contribution in [2.45, 2.75) is 72.4 Å². The van der Waals surface area contributed by atoms with Crippen LogP contribution in [-0.2, 0) is 12.8 Å². The molecule has 4 aromatic rings. The zero-order valence-corrected chi connectivity index (χ0v) is 29.4. The fraction of sp³-hybridized carbons (Fsp3) is 0.268. The Morgan fingerprint density at radius 1 is 0.698 bits per heavy atom. The van der Waals surface area contributed by atoms with Crippen LogP contribution in [0, 0.1) is 10.4 Å². The largest absolute Gasteiger partial charge is 0.0801 e. The van der Waals surface area contributed by atoms with E-state index in [2.05, 4.69) is 150 Å². The maximum atomic E-state index is 2.58. The Morgan fingerprint density at radius 2 is 1.30 bits per heavy atom. The number of aryl methyl sites for hydroxylation is 1. The normalized spacial score (nSPS) is 13.9. The third kappa shape index (κ3) is 5.19. The summed E-state index contributed by atoms with van der Waals surface area (Å²) in [7, 11) is -3.51. The quantitative estimate of drug-likeness (QED) is 0.168. The number of allylic oxidation sites excluding steroid dienone is 4. The van der Waals surface area contributed by atoms with Crippen LogP contribution in [0.1, 0.15) is 53.6 Å². The Labute approximate surface area is 260 Å². The molecule has 0 atom stereocenters. The second kappa shape index (κ2) is 11.2. The second-order valence-corrected chi connectivity index (χ2v) is 24.3. The van der Waals surface area contributed by atoms with Crippen LogP contribution in [0.4, 0.5) is 0 Å². The SMILES string of the molecule is CCc1cc2c(c(=C(c3ccccc3)c3ccccc3)c1)=c1c([Si](C)(C)C)c([Si](C)(C)C)c(CC)c(C3=CC=CC3)c1=C2. The molecule has 0 spiro atoms. The van der Waals surface area contributed by atoms with Crippen LogP contribution in [0.3, 0.4) is 0 Å². The molecule has 2 aliphatic carbocycles. The molecule has 4 aromatic carbocycles. The molecule has 0 amide bonds. The summed E-state index contributed by atoms with van der Waals surface area (Å²) in [5.41, 5.74) is 11.4. The lowest BCUT2D eigenvalue weighted by Gasteiger charge is -2.33. The predicted octanol–water partition coefficient (Wildman–Crippen LogP) is 7.92. The van der Waals surface area contributed by atoms with Gasteiger partial charge in [-0.2, -0.15) is 0 Å². The van der Waals surface area contributed by atoms with Crippen molar-refractivity contribution in [2.75, 3.05) is 0 Å². The van der Waals surface area contributed by atoms with Gasteiger partial charge in [0.2, 0.25) is 0 Å². The van der Waals surface area contributed by atoms with Crippen molar-refractivity contribution < 1.29 is 0 Å². The van der Waals surface area contributed by atoms with Gasteiger partial charge >= 0.3 is 0 Å². The highest BCUT2D eigenvalue weighted by Gasteiger charge is 2.34. The molecular formula is C41H46Si2. The summed E-state index contributed by atoms with van der Waals surface area (Å²) in [6.07, 6.45) is 12.7. The lowest BCUT2D eigenvalue weighted by Crippen LogP contribution is -2.60. The average Bonchev–Trinajstić information content (AvgIpc) is 3.64. The van der Waals surface area contributed by atoms with Gasteiger partial charge in [0.05, 0.1) is 16.1 Å². The summed E-state index contributed by atoms with van der Waals surface area (Å²) in [6.45, 7) is 20.2. The summed E-state index contributed by atoms with van der Waals surface area (Å²) in [5.74, 6) is 0. The van der Waals surface area contributed by atoms with E-state index in [1.807, 2.05) is 0 Å². The molecule has 0 saturated heterocycles. The fourth-order valence-corrected chi connectivity index (χ4v) is 13.8. The Balaban J connectivity index is 2.02.